The van der Waals surface area contributed by atoms with Gasteiger partial charge in [-0.05, 0) is 19.9 Å². The number of hydrogen-bond acceptors (Lipinski definition) is 4. The van der Waals surface area contributed by atoms with E-state index in [0.29, 0.717) is 12.0 Å². The van der Waals surface area contributed by atoms with Crippen LogP contribution < -0.4 is 10.1 Å². The van der Waals surface area contributed by atoms with E-state index in [1.54, 1.807) is 11.3 Å². The maximum Gasteiger partial charge on any atom is 0.122 e. The first-order valence-corrected chi connectivity index (χ1v) is 7.49. The van der Waals surface area contributed by atoms with Gasteiger partial charge in [0.1, 0.15) is 10.8 Å². The number of aromatic nitrogens is 1. The SMILES string of the molecule is Cc1csc(C(C)NCC2COc3ccccc32)n1. The van der Waals surface area contributed by atoms with Gasteiger partial charge in [0.05, 0.1) is 12.6 Å². The molecule has 0 aliphatic carbocycles. The van der Waals surface area contributed by atoms with Crippen molar-refractivity contribution < 1.29 is 4.74 Å². The van der Waals surface area contributed by atoms with Crippen molar-refractivity contribution in [2.75, 3.05) is 13.2 Å². The molecule has 100 valence electrons. The van der Waals surface area contributed by atoms with Crippen molar-refractivity contribution in [2.24, 2.45) is 0 Å². The lowest BCUT2D eigenvalue weighted by molar-refractivity contribution is 0.323. The van der Waals surface area contributed by atoms with Gasteiger partial charge in [-0.1, -0.05) is 18.2 Å². The van der Waals surface area contributed by atoms with Crippen molar-refractivity contribution in [3.05, 3.63) is 45.9 Å². The Bertz CT molecular complexity index is 567. The van der Waals surface area contributed by atoms with E-state index < -0.39 is 0 Å². The smallest absolute Gasteiger partial charge is 0.122 e. The van der Waals surface area contributed by atoms with Gasteiger partial charge in [-0.25, -0.2) is 4.98 Å². The first-order chi connectivity index (χ1) is 9.24. The molecule has 1 aromatic carbocycles. The highest BCUT2D eigenvalue weighted by atomic mass is 32.1. The molecular weight excluding hydrogens is 256 g/mol. The third kappa shape index (κ3) is 2.65. The molecule has 1 aromatic heterocycles. The lowest BCUT2D eigenvalue weighted by Gasteiger charge is -2.14. The second kappa shape index (κ2) is 5.31. The minimum absolute atomic E-state index is 0.298. The van der Waals surface area contributed by atoms with E-state index in [9.17, 15) is 0 Å². The van der Waals surface area contributed by atoms with Crippen LogP contribution in [-0.2, 0) is 0 Å². The number of thiazole rings is 1. The maximum atomic E-state index is 5.70. The highest BCUT2D eigenvalue weighted by molar-refractivity contribution is 7.09. The monoisotopic (exact) mass is 274 g/mol. The van der Waals surface area contributed by atoms with Crippen LogP contribution in [0, 0.1) is 6.92 Å². The summed E-state index contributed by atoms with van der Waals surface area (Å²) < 4.78 is 5.70. The van der Waals surface area contributed by atoms with Crippen LogP contribution in [0.3, 0.4) is 0 Å². The predicted molar refractivity (Wildman–Crippen MR) is 77.9 cm³/mol. The molecule has 1 aliphatic rings. The standard InChI is InChI=1S/C15H18N2OS/c1-10-9-19-15(17-10)11(2)16-7-12-8-18-14-6-4-3-5-13(12)14/h3-6,9,11-12,16H,7-8H2,1-2H3. The summed E-state index contributed by atoms with van der Waals surface area (Å²) in [4.78, 5) is 4.52. The number of aryl methyl sites for hydroxylation is 1. The Labute approximate surface area is 117 Å². The summed E-state index contributed by atoms with van der Waals surface area (Å²) in [6.45, 7) is 5.90. The molecule has 2 heterocycles. The molecular formula is C15H18N2OS. The fraction of sp³-hybridized carbons (Fsp3) is 0.400. The van der Waals surface area contributed by atoms with Gasteiger partial charge < -0.3 is 10.1 Å². The van der Waals surface area contributed by atoms with Crippen LogP contribution in [0.4, 0.5) is 0 Å². The first-order valence-electron chi connectivity index (χ1n) is 6.61. The zero-order valence-electron chi connectivity index (χ0n) is 11.2. The van der Waals surface area contributed by atoms with Crippen LogP contribution in [0.2, 0.25) is 0 Å². The number of nitrogens with one attached hydrogen (secondary N) is 1. The average molecular weight is 274 g/mol. The molecule has 0 saturated carbocycles. The van der Waals surface area contributed by atoms with E-state index in [0.717, 1.165) is 29.6 Å². The Hall–Kier alpha value is -1.39. The van der Waals surface area contributed by atoms with E-state index in [1.807, 2.05) is 19.1 Å². The second-order valence-corrected chi connectivity index (χ2v) is 5.89. The number of nitrogens with zero attached hydrogens (tertiary/aromatic N) is 1. The lowest BCUT2D eigenvalue weighted by atomic mass is 10.0. The van der Waals surface area contributed by atoms with E-state index >= 15 is 0 Å². The Morgan fingerprint density at radius 3 is 3.11 bits per heavy atom. The van der Waals surface area contributed by atoms with Crippen LogP contribution >= 0.6 is 11.3 Å². The van der Waals surface area contributed by atoms with Gasteiger partial charge in [-0.2, -0.15) is 0 Å². The van der Waals surface area contributed by atoms with E-state index in [1.165, 1.54) is 5.56 Å². The van der Waals surface area contributed by atoms with Crippen LogP contribution in [-0.4, -0.2) is 18.1 Å². The summed E-state index contributed by atoms with van der Waals surface area (Å²) in [5, 5.41) is 6.82. The molecule has 0 saturated heterocycles. The molecule has 2 atom stereocenters. The summed E-state index contributed by atoms with van der Waals surface area (Å²) in [6.07, 6.45) is 0. The molecule has 3 nitrogen and oxygen atoms in total. The lowest BCUT2D eigenvalue weighted by Crippen LogP contribution is -2.25. The molecule has 1 N–H and O–H groups in total. The predicted octanol–water partition coefficient (Wildman–Crippen LogP) is 3.28. The molecule has 2 aromatic rings. The second-order valence-electron chi connectivity index (χ2n) is 5.00. The molecule has 4 heteroatoms. The van der Waals surface area contributed by atoms with Gasteiger partial charge >= 0.3 is 0 Å². The van der Waals surface area contributed by atoms with Gasteiger partial charge in [0.15, 0.2) is 0 Å². The molecule has 0 bridgehead atoms. The van der Waals surface area contributed by atoms with Crippen LogP contribution in [0.5, 0.6) is 5.75 Å². The number of hydrogen-bond donors (Lipinski definition) is 1. The zero-order chi connectivity index (χ0) is 13.2. The third-order valence-electron chi connectivity index (χ3n) is 3.48. The third-order valence-corrected chi connectivity index (χ3v) is 4.62. The normalized spacial score (nSPS) is 18.9. The fourth-order valence-electron chi connectivity index (χ4n) is 2.38. The minimum atomic E-state index is 0.298. The van der Waals surface area contributed by atoms with Crippen molar-refractivity contribution >= 4 is 11.3 Å². The highest BCUT2D eigenvalue weighted by Crippen LogP contribution is 2.33. The van der Waals surface area contributed by atoms with E-state index in [4.69, 9.17) is 4.74 Å². The van der Waals surface area contributed by atoms with Crippen molar-refractivity contribution in [3.8, 4) is 5.75 Å². The van der Waals surface area contributed by atoms with Gasteiger partial charge in [0.2, 0.25) is 0 Å². The zero-order valence-corrected chi connectivity index (χ0v) is 12.0. The van der Waals surface area contributed by atoms with Crippen LogP contribution in [0.15, 0.2) is 29.6 Å². The Morgan fingerprint density at radius 1 is 1.47 bits per heavy atom. The highest BCUT2D eigenvalue weighted by Gasteiger charge is 2.24. The Balaban J connectivity index is 1.62. The van der Waals surface area contributed by atoms with Gasteiger partial charge in [0.25, 0.3) is 0 Å². The van der Waals surface area contributed by atoms with Crippen LogP contribution in [0.25, 0.3) is 0 Å². The summed E-state index contributed by atoms with van der Waals surface area (Å²) in [5.41, 5.74) is 2.42. The van der Waals surface area contributed by atoms with E-state index in [2.05, 4.69) is 34.7 Å². The number of ether oxygens (including phenoxy) is 1. The van der Waals surface area contributed by atoms with Gasteiger partial charge in [-0.15, -0.1) is 11.3 Å². The minimum Gasteiger partial charge on any atom is -0.493 e. The molecule has 0 spiro atoms. The fourth-order valence-corrected chi connectivity index (χ4v) is 3.20. The molecule has 0 fully saturated rings. The first kappa shape index (κ1) is 12.6. The summed E-state index contributed by atoms with van der Waals surface area (Å²) in [5.74, 6) is 1.48. The average Bonchev–Trinajstić information content (AvgIpc) is 3.02. The van der Waals surface area contributed by atoms with Crippen molar-refractivity contribution in [1.29, 1.82) is 0 Å². The van der Waals surface area contributed by atoms with Gasteiger partial charge in [0, 0.05) is 29.1 Å². The molecule has 2 unspecified atom stereocenters. The van der Waals surface area contributed by atoms with Crippen LogP contribution in [0.1, 0.15) is 35.1 Å². The molecule has 3 rings (SSSR count). The number of rotatable bonds is 4. The van der Waals surface area contributed by atoms with Crippen molar-refractivity contribution in [1.82, 2.24) is 10.3 Å². The number of para-hydroxylation sites is 1. The number of fused-ring (bicyclic) bond motifs is 1. The van der Waals surface area contributed by atoms with Gasteiger partial charge in [-0.3, -0.25) is 0 Å². The number of benzene rings is 1. The quantitative estimate of drug-likeness (QED) is 0.929. The molecule has 19 heavy (non-hydrogen) atoms. The Morgan fingerprint density at radius 2 is 2.32 bits per heavy atom. The summed E-state index contributed by atoms with van der Waals surface area (Å²) >= 11 is 1.72. The molecule has 0 amide bonds. The largest absolute Gasteiger partial charge is 0.493 e. The van der Waals surface area contributed by atoms with Crippen molar-refractivity contribution in [2.45, 2.75) is 25.8 Å². The summed E-state index contributed by atoms with van der Waals surface area (Å²) in [7, 11) is 0. The van der Waals surface area contributed by atoms with E-state index in [-0.39, 0.29) is 0 Å². The Kier molecular flexibility index (Phi) is 3.53. The molecule has 1 aliphatic heterocycles. The molecule has 0 radical (unpaired) electrons. The summed E-state index contributed by atoms with van der Waals surface area (Å²) in [6, 6.07) is 8.60. The topological polar surface area (TPSA) is 34.1 Å². The maximum absolute atomic E-state index is 5.70. The van der Waals surface area contributed by atoms with Crippen molar-refractivity contribution in [3.63, 3.8) is 0 Å².